The summed E-state index contributed by atoms with van der Waals surface area (Å²) in [7, 11) is 1.82. The molecule has 1 rings (SSSR count). The Bertz CT molecular complexity index is 326. The molecule has 4 nitrogen and oxygen atoms in total. The van der Waals surface area contributed by atoms with Crippen molar-refractivity contribution >= 4 is 6.09 Å². The molecule has 1 N–H and O–H groups in total. The molecular weight excluding hydrogens is 259 g/mol. The van der Waals surface area contributed by atoms with Gasteiger partial charge in [-0.25, -0.2) is 9.18 Å². The average Bonchev–Trinajstić information content (AvgIpc) is 2.34. The highest BCUT2D eigenvalue weighted by Crippen LogP contribution is 2.33. The third-order valence-electron chi connectivity index (χ3n) is 3.79. The van der Waals surface area contributed by atoms with E-state index in [1.165, 1.54) is 0 Å². The van der Waals surface area contributed by atoms with Gasteiger partial charge in [0.25, 0.3) is 0 Å². The third-order valence-corrected chi connectivity index (χ3v) is 3.79. The zero-order chi connectivity index (χ0) is 15.4. The van der Waals surface area contributed by atoms with E-state index in [4.69, 9.17) is 4.74 Å². The maximum Gasteiger partial charge on any atom is 0.410 e. The second-order valence-electron chi connectivity index (χ2n) is 6.90. The Morgan fingerprint density at radius 1 is 1.40 bits per heavy atom. The molecule has 0 aromatic carbocycles. The third kappa shape index (κ3) is 5.27. The molecule has 0 aromatic rings. The number of carbonyl (C=O) groups is 1. The van der Waals surface area contributed by atoms with Gasteiger partial charge in [0.2, 0.25) is 0 Å². The molecule has 0 saturated carbocycles. The highest BCUT2D eigenvalue weighted by Gasteiger charge is 2.38. The van der Waals surface area contributed by atoms with Crippen molar-refractivity contribution in [1.29, 1.82) is 0 Å². The summed E-state index contributed by atoms with van der Waals surface area (Å²) in [5.41, 5.74) is -1.75. The van der Waals surface area contributed by atoms with E-state index in [1.54, 1.807) is 11.8 Å². The van der Waals surface area contributed by atoms with Crippen LogP contribution in [0.1, 0.15) is 47.0 Å². The van der Waals surface area contributed by atoms with Gasteiger partial charge in [0.1, 0.15) is 11.3 Å². The first-order valence-corrected chi connectivity index (χ1v) is 7.47. The molecule has 0 bridgehead atoms. The van der Waals surface area contributed by atoms with Crippen LogP contribution < -0.4 is 5.32 Å². The van der Waals surface area contributed by atoms with Crippen molar-refractivity contribution < 1.29 is 13.9 Å². The molecule has 1 aliphatic heterocycles. The van der Waals surface area contributed by atoms with Gasteiger partial charge in [-0.05, 0) is 60.5 Å². The van der Waals surface area contributed by atoms with Gasteiger partial charge in [0.15, 0.2) is 0 Å². The molecule has 20 heavy (non-hydrogen) atoms. The first kappa shape index (κ1) is 17.2. The Kier molecular flexibility index (Phi) is 5.80. The summed E-state index contributed by atoms with van der Waals surface area (Å²) in [6, 6.07) is 0. The fraction of sp³-hybridized carbons (Fsp3) is 0.933. The van der Waals surface area contributed by atoms with E-state index in [0.717, 1.165) is 12.8 Å². The predicted octanol–water partition coefficient (Wildman–Crippen LogP) is 2.97. The molecule has 118 valence electrons. The molecule has 1 saturated heterocycles. The number of likely N-dealkylation sites (tertiary alicyclic amines) is 1. The number of carbonyl (C=O) groups excluding carboxylic acids is 1. The molecule has 0 radical (unpaired) electrons. The zero-order valence-corrected chi connectivity index (χ0v) is 13.5. The summed E-state index contributed by atoms with van der Waals surface area (Å²) in [5, 5.41) is 2.98. The minimum Gasteiger partial charge on any atom is -0.444 e. The lowest BCUT2D eigenvalue weighted by Crippen LogP contribution is -2.48. The number of nitrogens with one attached hydrogen (secondary N) is 1. The Morgan fingerprint density at radius 3 is 2.60 bits per heavy atom. The molecule has 2 atom stereocenters. The molecule has 1 fully saturated rings. The highest BCUT2D eigenvalue weighted by atomic mass is 19.1. The first-order chi connectivity index (χ1) is 9.15. The Labute approximate surface area is 122 Å². The summed E-state index contributed by atoms with van der Waals surface area (Å²) in [5.74, 6) is -0.114. The van der Waals surface area contributed by atoms with Gasteiger partial charge in [0, 0.05) is 19.0 Å². The highest BCUT2D eigenvalue weighted by molar-refractivity contribution is 5.68. The normalized spacial score (nSPS) is 23.3. The van der Waals surface area contributed by atoms with Gasteiger partial charge in [-0.15, -0.1) is 0 Å². The lowest BCUT2D eigenvalue weighted by Gasteiger charge is -2.39. The average molecular weight is 288 g/mol. The topological polar surface area (TPSA) is 41.6 Å². The summed E-state index contributed by atoms with van der Waals surface area (Å²) >= 11 is 0. The van der Waals surface area contributed by atoms with Crippen LogP contribution in [0.5, 0.6) is 0 Å². The first-order valence-electron chi connectivity index (χ1n) is 7.47. The van der Waals surface area contributed by atoms with Crippen molar-refractivity contribution in [2.75, 3.05) is 26.7 Å². The summed E-state index contributed by atoms with van der Waals surface area (Å²) < 4.78 is 20.1. The number of ether oxygens (including phenoxy) is 1. The second-order valence-corrected chi connectivity index (χ2v) is 6.90. The molecule has 0 aliphatic carbocycles. The number of piperidine rings is 1. The van der Waals surface area contributed by atoms with Crippen molar-refractivity contribution in [3.8, 4) is 0 Å². The lowest BCUT2D eigenvalue weighted by atomic mass is 9.82. The van der Waals surface area contributed by atoms with E-state index in [0.29, 0.717) is 26.1 Å². The van der Waals surface area contributed by atoms with Crippen LogP contribution in [0, 0.1) is 5.92 Å². The van der Waals surface area contributed by atoms with Crippen LogP contribution in [0.25, 0.3) is 0 Å². The summed E-state index contributed by atoms with van der Waals surface area (Å²) in [6.07, 6.45) is 1.81. The van der Waals surface area contributed by atoms with Crippen molar-refractivity contribution in [1.82, 2.24) is 10.2 Å². The molecule has 0 spiro atoms. The smallest absolute Gasteiger partial charge is 0.410 e. The van der Waals surface area contributed by atoms with E-state index >= 15 is 0 Å². The van der Waals surface area contributed by atoms with Crippen LogP contribution >= 0.6 is 0 Å². The number of hydrogen-bond donors (Lipinski definition) is 1. The van der Waals surface area contributed by atoms with E-state index in [2.05, 4.69) is 5.32 Å². The quantitative estimate of drug-likeness (QED) is 0.864. The lowest BCUT2D eigenvalue weighted by molar-refractivity contribution is -0.00349. The maximum absolute atomic E-state index is 14.7. The van der Waals surface area contributed by atoms with Crippen molar-refractivity contribution in [3.05, 3.63) is 0 Å². The maximum atomic E-state index is 14.7. The van der Waals surface area contributed by atoms with Crippen LogP contribution in [0.2, 0.25) is 0 Å². The van der Waals surface area contributed by atoms with Gasteiger partial charge in [-0.2, -0.15) is 0 Å². The van der Waals surface area contributed by atoms with Crippen LogP contribution in [-0.2, 0) is 4.74 Å². The fourth-order valence-corrected chi connectivity index (χ4v) is 2.53. The fourth-order valence-electron chi connectivity index (χ4n) is 2.53. The van der Waals surface area contributed by atoms with E-state index in [9.17, 15) is 9.18 Å². The van der Waals surface area contributed by atoms with E-state index < -0.39 is 11.3 Å². The molecule has 2 unspecified atom stereocenters. The number of nitrogens with zero attached hydrogens (tertiary/aromatic N) is 1. The standard InChI is InChI=1S/C15H29FN2O2/c1-14(2,3)20-13(19)18-10-6-7-12(11-18)15(4,16)8-9-17-5/h12,17H,6-11H2,1-5H3. The van der Waals surface area contributed by atoms with Crippen molar-refractivity contribution in [2.45, 2.75) is 58.2 Å². The number of amides is 1. The molecular formula is C15H29FN2O2. The number of halogens is 1. The van der Waals surface area contributed by atoms with Gasteiger partial charge in [-0.1, -0.05) is 0 Å². The molecule has 5 heteroatoms. The predicted molar refractivity (Wildman–Crippen MR) is 78.6 cm³/mol. The SMILES string of the molecule is CNCCC(C)(F)C1CCCN(C(=O)OC(C)(C)C)C1. The molecule has 1 amide bonds. The Balaban J connectivity index is 2.60. The molecule has 1 heterocycles. The van der Waals surface area contributed by atoms with Crippen molar-refractivity contribution in [3.63, 3.8) is 0 Å². The zero-order valence-electron chi connectivity index (χ0n) is 13.5. The van der Waals surface area contributed by atoms with Crippen LogP contribution in [-0.4, -0.2) is 48.9 Å². The van der Waals surface area contributed by atoms with Gasteiger partial charge in [-0.3, -0.25) is 0 Å². The van der Waals surface area contributed by atoms with Crippen molar-refractivity contribution in [2.24, 2.45) is 5.92 Å². The largest absolute Gasteiger partial charge is 0.444 e. The second kappa shape index (κ2) is 6.74. The minimum absolute atomic E-state index is 0.114. The Morgan fingerprint density at radius 2 is 2.05 bits per heavy atom. The number of alkyl halides is 1. The number of hydrogen-bond acceptors (Lipinski definition) is 3. The summed E-state index contributed by atoms with van der Waals surface area (Å²) in [6.45, 7) is 8.94. The Hall–Kier alpha value is -0.840. The van der Waals surface area contributed by atoms with Crippen LogP contribution in [0.4, 0.5) is 9.18 Å². The van der Waals surface area contributed by atoms with Gasteiger partial charge < -0.3 is 15.0 Å². The van der Waals surface area contributed by atoms with E-state index in [-0.39, 0.29) is 12.0 Å². The number of rotatable bonds is 4. The summed E-state index contributed by atoms with van der Waals surface area (Å²) in [4.78, 5) is 13.7. The molecule has 0 aromatic heterocycles. The van der Waals surface area contributed by atoms with Crippen LogP contribution in [0.3, 0.4) is 0 Å². The van der Waals surface area contributed by atoms with E-state index in [1.807, 2.05) is 27.8 Å². The minimum atomic E-state index is -1.25. The van der Waals surface area contributed by atoms with Gasteiger partial charge in [0.05, 0.1) is 0 Å². The van der Waals surface area contributed by atoms with Gasteiger partial charge >= 0.3 is 6.09 Å². The van der Waals surface area contributed by atoms with Crippen LogP contribution in [0.15, 0.2) is 0 Å². The monoisotopic (exact) mass is 288 g/mol. The molecule has 1 aliphatic rings.